The van der Waals surface area contributed by atoms with Gasteiger partial charge in [0.15, 0.2) is 0 Å². The zero-order chi connectivity index (χ0) is 47.5. The molecule has 0 radical (unpaired) electrons. The van der Waals surface area contributed by atoms with E-state index in [1.165, 1.54) is 12.8 Å². The van der Waals surface area contributed by atoms with Crippen LogP contribution in [0.1, 0.15) is 79.1 Å². The van der Waals surface area contributed by atoms with Crippen LogP contribution in [-0.4, -0.2) is 158 Å². The molecule has 4 saturated heterocycles. The number of piperidine rings is 3. The molecule has 3 aromatic heterocycles. The lowest BCUT2D eigenvalue weighted by molar-refractivity contribution is -0.136. The predicted octanol–water partition coefficient (Wildman–Crippen LogP) is 3.69. The molecule has 0 spiro atoms. The second kappa shape index (κ2) is 18.1. The third-order valence-corrected chi connectivity index (χ3v) is 15.4. The maximum Gasteiger partial charge on any atom is 0.262 e. The van der Waals surface area contributed by atoms with Crippen LogP contribution in [0.25, 0.3) is 22.2 Å². The number of hydrogen-bond acceptors (Lipinski definition) is 15. The first kappa shape index (κ1) is 44.4. The molecule has 6 aliphatic heterocycles. The van der Waals surface area contributed by atoms with E-state index < -0.39 is 23.8 Å². The number of likely N-dealkylation sites (tertiary alicyclic amines) is 1. The second-order valence-corrected chi connectivity index (χ2v) is 19.5. The van der Waals surface area contributed by atoms with Gasteiger partial charge >= 0.3 is 0 Å². The number of nitrogens with zero attached hydrogens (tertiary/aromatic N) is 12. The summed E-state index contributed by atoms with van der Waals surface area (Å²) in [6.07, 6.45) is 6.64. The molecule has 3 N–H and O–H groups in total. The van der Waals surface area contributed by atoms with Crippen molar-refractivity contribution in [3.05, 3.63) is 77.1 Å². The first-order valence-corrected chi connectivity index (χ1v) is 24.3. The van der Waals surface area contributed by atoms with Gasteiger partial charge in [-0.05, 0) is 130 Å². The van der Waals surface area contributed by atoms with Crippen LogP contribution >= 0.6 is 0 Å². The van der Waals surface area contributed by atoms with E-state index in [0.717, 1.165) is 123 Å². The van der Waals surface area contributed by atoms with Crippen LogP contribution in [0.4, 0.5) is 23.1 Å². The van der Waals surface area contributed by atoms with Gasteiger partial charge in [0.25, 0.3) is 17.7 Å². The molecule has 20 nitrogen and oxygen atoms in total. The number of rotatable bonds is 10. The fourth-order valence-electron chi connectivity index (χ4n) is 11.3. The van der Waals surface area contributed by atoms with Gasteiger partial charge in [-0.15, -0.1) is 0 Å². The maximum atomic E-state index is 13.7. The highest BCUT2D eigenvalue weighted by Crippen LogP contribution is 2.36. The predicted molar refractivity (Wildman–Crippen MR) is 257 cm³/mol. The Balaban J connectivity index is 0.634. The molecule has 0 aliphatic carbocycles. The van der Waals surface area contributed by atoms with Crippen molar-refractivity contribution in [1.29, 1.82) is 0 Å². The van der Waals surface area contributed by atoms with E-state index >= 15 is 0 Å². The summed E-state index contributed by atoms with van der Waals surface area (Å²) >= 11 is 0. The lowest BCUT2D eigenvalue weighted by Gasteiger charge is -2.41. The minimum absolute atomic E-state index is 0.100. The highest BCUT2D eigenvalue weighted by molar-refractivity contribution is 6.23. The number of nitrogens with one attached hydrogen (secondary N) is 3. The second-order valence-electron chi connectivity index (χ2n) is 19.5. The zero-order valence-corrected chi connectivity index (χ0v) is 39.2. The molecular weight excluding hydrogens is 879 g/mol. The third kappa shape index (κ3) is 8.38. The van der Waals surface area contributed by atoms with E-state index in [1.54, 1.807) is 16.8 Å². The number of benzene rings is 2. The fourth-order valence-corrected chi connectivity index (χ4v) is 11.3. The summed E-state index contributed by atoms with van der Waals surface area (Å²) in [7, 11) is 1.85. The number of anilines is 4. The van der Waals surface area contributed by atoms with Crippen molar-refractivity contribution in [2.45, 2.75) is 64.5 Å². The van der Waals surface area contributed by atoms with Gasteiger partial charge in [-0.25, -0.2) is 9.67 Å². The molecule has 5 aromatic rings. The molecule has 20 heteroatoms. The van der Waals surface area contributed by atoms with Crippen molar-refractivity contribution < 1.29 is 24.0 Å². The van der Waals surface area contributed by atoms with Crippen LogP contribution in [-0.2, 0) is 14.4 Å². The maximum absolute atomic E-state index is 13.7. The summed E-state index contributed by atoms with van der Waals surface area (Å²) < 4.78 is 1.65. The van der Waals surface area contributed by atoms with Gasteiger partial charge in [-0.1, -0.05) is 5.10 Å². The number of imide groups is 2. The topological polar surface area (TPSA) is 214 Å². The molecular formula is C49H57N15O5. The van der Waals surface area contributed by atoms with Gasteiger partial charge in [0.05, 0.1) is 28.3 Å². The minimum Gasteiger partial charge on any atom is -0.371 e. The van der Waals surface area contributed by atoms with Crippen molar-refractivity contribution in [3.8, 4) is 11.3 Å². The number of tetrazole rings is 1. The van der Waals surface area contributed by atoms with Gasteiger partial charge in [0, 0.05) is 100 Å². The summed E-state index contributed by atoms with van der Waals surface area (Å²) in [6, 6.07) is 14.0. The van der Waals surface area contributed by atoms with Crippen LogP contribution in [0, 0.1) is 11.8 Å². The highest BCUT2D eigenvalue weighted by Gasteiger charge is 2.45. The number of H-pyrrole nitrogens is 1. The van der Waals surface area contributed by atoms with Crippen molar-refractivity contribution in [2.75, 3.05) is 92.5 Å². The fraction of sp³-hybridized carbons (Fsp3) is 0.469. The molecule has 2 unspecified atom stereocenters. The summed E-state index contributed by atoms with van der Waals surface area (Å²) in [5.41, 5.74) is 6.25. The molecule has 6 aliphatic rings. The number of allylic oxidation sites excluding steroid dienone is 1. The normalized spacial score (nSPS) is 22.2. The first-order chi connectivity index (χ1) is 33.5. The number of piperazine rings is 1. The van der Waals surface area contributed by atoms with E-state index in [0.29, 0.717) is 40.2 Å². The lowest BCUT2D eigenvalue weighted by atomic mass is 9.92. The Bertz CT molecular complexity index is 2890. The Morgan fingerprint density at radius 2 is 1.52 bits per heavy atom. The molecule has 2 atom stereocenters. The number of carbonyl (C=O) groups is 5. The van der Waals surface area contributed by atoms with Crippen LogP contribution in [0.3, 0.4) is 0 Å². The summed E-state index contributed by atoms with van der Waals surface area (Å²) in [5.74, 6) is 0.700. The molecule has 9 heterocycles. The van der Waals surface area contributed by atoms with Gasteiger partial charge in [0.2, 0.25) is 17.8 Å². The van der Waals surface area contributed by atoms with Crippen molar-refractivity contribution in [3.63, 3.8) is 0 Å². The molecule has 69 heavy (non-hydrogen) atoms. The van der Waals surface area contributed by atoms with Gasteiger partial charge in [-0.3, -0.25) is 44.2 Å². The molecule has 0 saturated carbocycles. The summed E-state index contributed by atoms with van der Waals surface area (Å²) in [5, 5.41) is 26.2. The monoisotopic (exact) mass is 935 g/mol. The molecule has 2 aromatic carbocycles. The Morgan fingerprint density at radius 1 is 0.797 bits per heavy atom. The number of hydrogen-bond donors (Lipinski definition) is 3. The molecule has 358 valence electrons. The number of amides is 5. The van der Waals surface area contributed by atoms with E-state index in [4.69, 9.17) is 10.1 Å². The molecule has 5 amide bonds. The van der Waals surface area contributed by atoms with Crippen LogP contribution in [0.5, 0.6) is 0 Å². The zero-order valence-electron chi connectivity index (χ0n) is 39.2. The van der Waals surface area contributed by atoms with Crippen molar-refractivity contribution >= 4 is 63.6 Å². The smallest absolute Gasteiger partial charge is 0.262 e. The lowest BCUT2D eigenvalue weighted by Crippen LogP contribution is -2.54. The van der Waals surface area contributed by atoms with E-state index in [2.05, 4.69) is 56.9 Å². The number of pyridine rings is 1. The Kier molecular flexibility index (Phi) is 11.7. The largest absolute Gasteiger partial charge is 0.371 e. The Labute approximate surface area is 399 Å². The van der Waals surface area contributed by atoms with Gasteiger partial charge < -0.3 is 24.9 Å². The Hall–Kier alpha value is -7.06. The number of aromatic amines is 1. The first-order valence-electron chi connectivity index (χ1n) is 24.3. The van der Waals surface area contributed by atoms with Crippen molar-refractivity contribution in [1.82, 2.24) is 55.4 Å². The quantitative estimate of drug-likeness (QED) is 0.171. The van der Waals surface area contributed by atoms with Crippen LogP contribution in [0.15, 0.2) is 66.0 Å². The average molecular weight is 936 g/mol. The Morgan fingerprint density at radius 3 is 2.28 bits per heavy atom. The van der Waals surface area contributed by atoms with E-state index in [1.807, 2.05) is 62.3 Å². The summed E-state index contributed by atoms with van der Waals surface area (Å²) in [4.78, 5) is 82.0. The van der Waals surface area contributed by atoms with Gasteiger partial charge in [-0.2, -0.15) is 5.10 Å². The highest BCUT2D eigenvalue weighted by atomic mass is 16.2. The third-order valence-electron chi connectivity index (χ3n) is 15.4. The molecule has 4 fully saturated rings. The number of fused-ring (bicyclic) bond motifs is 3. The van der Waals surface area contributed by atoms with Crippen molar-refractivity contribution in [2.24, 2.45) is 11.8 Å². The van der Waals surface area contributed by atoms with Crippen LogP contribution in [0.2, 0.25) is 0 Å². The average Bonchev–Trinajstić information content (AvgIpc) is 4.09. The molecule has 0 bridgehead atoms. The van der Waals surface area contributed by atoms with Crippen LogP contribution < -0.4 is 25.3 Å². The van der Waals surface area contributed by atoms with E-state index in [-0.39, 0.29) is 30.7 Å². The minimum atomic E-state index is -0.963. The standard InChI is InChI=1S/C49H57N15O5/c1-29-43(30(2)64-49(58(29)3)55-56-57-64)46(67)51-34-4-7-39-38(25-34)44(54-53-39)33-10-15-50-41(24-33)62-22-20-60(21-23-62)28-31-11-16-59(17-12-31)27-32-13-18-61(19-14-32)35-5-6-36-37(26-35)48(69)63(47(36)68)40-8-9-42(65)52-45(40)66/h4-7,10,15,24-26,30-32,40H,8-9,11-14,16-23,27-28H2,1-3H3,(H,51,67)(H,53,54)(H,52,65,66). The molecule has 11 rings (SSSR count). The number of aromatic nitrogens is 7. The number of carbonyl (C=O) groups excluding carboxylic acids is 5. The SMILES string of the molecule is CC1=C(C(=O)Nc2ccc3[nH]nc(-c4ccnc(N5CCN(CC6CCN(CC7CCN(c8ccc9c(c8)C(=O)N(C8CCC(=O)NC8=O)C9=O)CC7)CC6)CC5)c4)c3c2)C(C)n2nnnc2N1C. The van der Waals surface area contributed by atoms with Gasteiger partial charge in [0.1, 0.15) is 17.6 Å². The summed E-state index contributed by atoms with van der Waals surface area (Å²) in [6.45, 7) is 13.9. The van der Waals surface area contributed by atoms with E-state index in [9.17, 15) is 24.0 Å².